The standard InChI is InChI=1S/C21H16ClF4N3O6/c1-3-10-4-5-27-19(34-9-17(31)32)18(10)35-14-7-13(12(23)6-11(14)22)29-16(30)8-15(21(24,25)26)28(2)20(29)33/h4-8H,3,9H2,1-2H3,(H,31,32). The van der Waals surface area contributed by atoms with Crippen molar-refractivity contribution >= 4 is 17.6 Å². The summed E-state index contributed by atoms with van der Waals surface area (Å²) in [5.74, 6) is -3.08. The minimum atomic E-state index is -5.00. The molecule has 186 valence electrons. The molecular formula is C21H16ClF4N3O6. The Labute approximate surface area is 198 Å². The summed E-state index contributed by atoms with van der Waals surface area (Å²) in [4.78, 5) is 39.8. The topological polar surface area (TPSA) is 113 Å². The monoisotopic (exact) mass is 517 g/mol. The third kappa shape index (κ3) is 5.29. The molecule has 35 heavy (non-hydrogen) atoms. The summed E-state index contributed by atoms with van der Waals surface area (Å²) >= 11 is 6.07. The summed E-state index contributed by atoms with van der Waals surface area (Å²) in [5.41, 5.74) is -4.65. The Morgan fingerprint density at radius 3 is 2.51 bits per heavy atom. The SMILES string of the molecule is CCc1ccnc(OCC(=O)O)c1Oc1cc(-n2c(=O)cc(C(F)(F)F)n(C)c2=O)c(F)cc1Cl. The second kappa shape index (κ2) is 9.78. The van der Waals surface area contributed by atoms with Crippen LogP contribution in [0.3, 0.4) is 0 Å². The number of rotatable bonds is 7. The summed E-state index contributed by atoms with van der Waals surface area (Å²) < 4.78 is 65.3. The van der Waals surface area contributed by atoms with E-state index in [1.807, 2.05) is 0 Å². The molecule has 9 nitrogen and oxygen atoms in total. The van der Waals surface area contributed by atoms with Crippen molar-refractivity contribution in [2.24, 2.45) is 7.05 Å². The van der Waals surface area contributed by atoms with E-state index in [-0.39, 0.29) is 37.6 Å². The lowest BCUT2D eigenvalue weighted by Gasteiger charge is -2.17. The maximum Gasteiger partial charge on any atom is 0.431 e. The number of nitrogens with zero attached hydrogens (tertiary/aromatic N) is 3. The molecule has 3 aromatic rings. The number of aromatic nitrogens is 3. The second-order valence-electron chi connectivity index (χ2n) is 7.02. The van der Waals surface area contributed by atoms with Crippen LogP contribution in [0.1, 0.15) is 18.2 Å². The van der Waals surface area contributed by atoms with Crippen LogP contribution in [-0.4, -0.2) is 31.8 Å². The van der Waals surface area contributed by atoms with E-state index >= 15 is 0 Å². The van der Waals surface area contributed by atoms with Crippen molar-refractivity contribution in [3.05, 3.63) is 73.4 Å². The molecule has 0 bridgehead atoms. The number of hydrogen-bond donors (Lipinski definition) is 1. The molecule has 1 N–H and O–H groups in total. The Hall–Kier alpha value is -3.87. The molecule has 2 aromatic heterocycles. The molecule has 0 fully saturated rings. The molecule has 0 radical (unpaired) electrons. The van der Waals surface area contributed by atoms with Gasteiger partial charge in [-0.2, -0.15) is 13.2 Å². The molecule has 3 rings (SSSR count). The van der Waals surface area contributed by atoms with E-state index in [1.54, 1.807) is 6.92 Å². The maximum atomic E-state index is 14.7. The number of carbonyl (C=O) groups is 1. The van der Waals surface area contributed by atoms with Crippen LogP contribution in [0, 0.1) is 5.82 Å². The molecule has 0 saturated carbocycles. The zero-order chi connectivity index (χ0) is 26.1. The maximum absolute atomic E-state index is 14.7. The summed E-state index contributed by atoms with van der Waals surface area (Å²) in [7, 11) is 0.779. The van der Waals surface area contributed by atoms with Crippen LogP contribution >= 0.6 is 11.6 Å². The molecule has 0 aliphatic carbocycles. The van der Waals surface area contributed by atoms with E-state index in [0.717, 1.165) is 13.1 Å². The highest BCUT2D eigenvalue weighted by atomic mass is 35.5. The molecule has 0 saturated heterocycles. The van der Waals surface area contributed by atoms with Crippen molar-refractivity contribution in [2.45, 2.75) is 19.5 Å². The number of carboxylic acids is 1. The smallest absolute Gasteiger partial charge is 0.431 e. The van der Waals surface area contributed by atoms with Gasteiger partial charge in [-0.15, -0.1) is 0 Å². The quantitative estimate of drug-likeness (QED) is 0.477. The number of carboxylic acid groups (broad SMARTS) is 1. The lowest BCUT2D eigenvalue weighted by Crippen LogP contribution is -2.41. The Morgan fingerprint density at radius 1 is 1.23 bits per heavy atom. The van der Waals surface area contributed by atoms with E-state index in [2.05, 4.69) is 4.98 Å². The first kappa shape index (κ1) is 25.7. The molecule has 0 spiro atoms. The van der Waals surface area contributed by atoms with Gasteiger partial charge in [0.15, 0.2) is 12.4 Å². The minimum absolute atomic E-state index is 0.0663. The first-order valence-electron chi connectivity index (χ1n) is 9.75. The van der Waals surface area contributed by atoms with Crippen molar-refractivity contribution in [3.8, 4) is 23.1 Å². The van der Waals surface area contributed by atoms with Crippen molar-refractivity contribution in [2.75, 3.05) is 6.61 Å². The van der Waals surface area contributed by atoms with E-state index in [1.165, 1.54) is 12.3 Å². The second-order valence-corrected chi connectivity index (χ2v) is 7.43. The fraction of sp³-hybridized carbons (Fsp3) is 0.238. The highest BCUT2D eigenvalue weighted by Crippen LogP contribution is 2.38. The average molecular weight is 518 g/mol. The fourth-order valence-electron chi connectivity index (χ4n) is 3.08. The van der Waals surface area contributed by atoms with Gasteiger partial charge in [0, 0.05) is 30.9 Å². The zero-order valence-corrected chi connectivity index (χ0v) is 18.8. The Kier molecular flexibility index (Phi) is 7.19. The molecule has 0 atom stereocenters. The van der Waals surface area contributed by atoms with Gasteiger partial charge in [0.05, 0.1) is 10.7 Å². The molecule has 1 aromatic carbocycles. The van der Waals surface area contributed by atoms with Crippen molar-refractivity contribution < 1.29 is 36.9 Å². The molecule has 14 heteroatoms. The van der Waals surface area contributed by atoms with Crippen molar-refractivity contribution in [1.29, 1.82) is 0 Å². The lowest BCUT2D eigenvalue weighted by atomic mass is 10.2. The van der Waals surface area contributed by atoms with Crippen LogP contribution in [0.2, 0.25) is 5.02 Å². The van der Waals surface area contributed by atoms with E-state index in [9.17, 15) is 31.9 Å². The number of aliphatic carboxylic acids is 1. The average Bonchev–Trinajstić information content (AvgIpc) is 2.77. The van der Waals surface area contributed by atoms with E-state index in [4.69, 9.17) is 26.2 Å². The molecule has 0 unspecified atom stereocenters. The Bertz CT molecular complexity index is 1420. The van der Waals surface area contributed by atoms with Gasteiger partial charge in [0.2, 0.25) is 0 Å². The van der Waals surface area contributed by atoms with Crippen LogP contribution in [0.25, 0.3) is 5.69 Å². The van der Waals surface area contributed by atoms with Gasteiger partial charge in [-0.25, -0.2) is 23.5 Å². The highest BCUT2D eigenvalue weighted by molar-refractivity contribution is 6.32. The number of halogens is 5. The van der Waals surface area contributed by atoms with E-state index < -0.39 is 47.2 Å². The summed E-state index contributed by atoms with van der Waals surface area (Å²) in [6.45, 7) is 0.988. The summed E-state index contributed by atoms with van der Waals surface area (Å²) in [6, 6.07) is 3.25. The third-order valence-electron chi connectivity index (χ3n) is 4.73. The predicted molar refractivity (Wildman–Crippen MR) is 114 cm³/mol. The Morgan fingerprint density at radius 2 is 1.91 bits per heavy atom. The van der Waals surface area contributed by atoms with Gasteiger partial charge >= 0.3 is 17.8 Å². The molecule has 2 heterocycles. The van der Waals surface area contributed by atoms with Crippen LogP contribution in [-0.2, 0) is 24.4 Å². The van der Waals surface area contributed by atoms with Crippen LogP contribution in [0.4, 0.5) is 17.6 Å². The number of aryl methyl sites for hydroxylation is 1. The lowest BCUT2D eigenvalue weighted by molar-refractivity contribution is -0.144. The van der Waals surface area contributed by atoms with E-state index in [0.29, 0.717) is 18.1 Å². The number of alkyl halides is 3. The first-order valence-corrected chi connectivity index (χ1v) is 10.1. The van der Waals surface area contributed by atoms with Crippen LogP contribution in [0.15, 0.2) is 40.1 Å². The van der Waals surface area contributed by atoms with Gasteiger partial charge in [-0.3, -0.25) is 9.36 Å². The fourth-order valence-corrected chi connectivity index (χ4v) is 3.27. The van der Waals surface area contributed by atoms with Crippen LogP contribution < -0.4 is 20.7 Å². The molecular weight excluding hydrogens is 502 g/mol. The predicted octanol–water partition coefficient (Wildman–Crippen LogP) is 3.56. The number of pyridine rings is 1. The van der Waals surface area contributed by atoms with Crippen molar-refractivity contribution in [1.82, 2.24) is 14.1 Å². The van der Waals surface area contributed by atoms with Gasteiger partial charge in [-0.1, -0.05) is 18.5 Å². The highest BCUT2D eigenvalue weighted by Gasteiger charge is 2.35. The van der Waals surface area contributed by atoms with Gasteiger partial charge in [0.25, 0.3) is 11.4 Å². The molecule has 0 aliphatic rings. The minimum Gasteiger partial charge on any atom is -0.479 e. The van der Waals surface area contributed by atoms with Crippen molar-refractivity contribution in [3.63, 3.8) is 0 Å². The molecule has 0 aliphatic heterocycles. The van der Waals surface area contributed by atoms with Crippen LogP contribution in [0.5, 0.6) is 17.4 Å². The largest absolute Gasteiger partial charge is 0.479 e. The van der Waals surface area contributed by atoms with Gasteiger partial charge in [-0.05, 0) is 18.6 Å². The van der Waals surface area contributed by atoms with Gasteiger partial charge in [0.1, 0.15) is 17.3 Å². The number of ether oxygens (including phenoxy) is 2. The third-order valence-corrected chi connectivity index (χ3v) is 5.03. The zero-order valence-electron chi connectivity index (χ0n) is 18.0. The van der Waals surface area contributed by atoms with Gasteiger partial charge < -0.3 is 14.6 Å². The number of benzene rings is 1. The first-order chi connectivity index (χ1) is 16.3. The number of hydrogen-bond acceptors (Lipinski definition) is 6. The normalized spacial score (nSPS) is 11.4. The Balaban J connectivity index is 2.17. The summed E-state index contributed by atoms with van der Waals surface area (Å²) in [5, 5.41) is 8.55. The molecule has 0 amide bonds. The summed E-state index contributed by atoms with van der Waals surface area (Å²) in [6.07, 6.45) is -3.29.